The molecule has 0 aromatic carbocycles. The highest BCUT2D eigenvalue weighted by molar-refractivity contribution is 5.73. The van der Waals surface area contributed by atoms with Crippen LogP contribution < -0.4 is 5.32 Å². The molecule has 3 nitrogen and oxygen atoms in total. The molecule has 1 saturated heterocycles. The number of hydrogen-bond acceptors (Lipinski definition) is 3. The summed E-state index contributed by atoms with van der Waals surface area (Å²) in [5.74, 6) is -0.382. The van der Waals surface area contributed by atoms with Gasteiger partial charge in [-0.3, -0.25) is 10.1 Å². The molecule has 0 bridgehead atoms. The summed E-state index contributed by atoms with van der Waals surface area (Å²) in [5, 5.41) is 2.51. The number of hydrogen-bond donors (Lipinski definition) is 1. The fourth-order valence-electron chi connectivity index (χ4n) is 0.525. The second-order valence-electron chi connectivity index (χ2n) is 1.51. The van der Waals surface area contributed by atoms with Crippen LogP contribution in [0.4, 0.5) is 4.39 Å². The molecule has 4 heteroatoms. The SMILES string of the molecule is O=C1CNC(CF)O1. The lowest BCUT2D eigenvalue weighted by Crippen LogP contribution is -2.24. The van der Waals surface area contributed by atoms with E-state index in [1.54, 1.807) is 0 Å². The number of ether oxygens (including phenoxy) is 1. The summed E-state index contributed by atoms with van der Waals surface area (Å²) in [5.41, 5.74) is 0. The van der Waals surface area contributed by atoms with Crippen LogP contribution in [-0.4, -0.2) is 25.4 Å². The van der Waals surface area contributed by atoms with Crippen molar-refractivity contribution in [3.05, 3.63) is 0 Å². The topological polar surface area (TPSA) is 38.3 Å². The van der Waals surface area contributed by atoms with Gasteiger partial charge in [0.05, 0.1) is 6.54 Å². The molecule has 1 fully saturated rings. The number of carbonyl (C=O) groups excluding carboxylic acids is 1. The van der Waals surface area contributed by atoms with Crippen molar-refractivity contribution in [1.29, 1.82) is 0 Å². The third kappa shape index (κ3) is 0.949. The minimum atomic E-state index is -0.692. The zero-order valence-corrected chi connectivity index (χ0v) is 4.19. The first-order valence-corrected chi connectivity index (χ1v) is 2.32. The van der Waals surface area contributed by atoms with Crippen molar-refractivity contribution in [2.24, 2.45) is 0 Å². The molecule has 0 spiro atoms. The molecular formula is C4H6FNO2. The van der Waals surface area contributed by atoms with Gasteiger partial charge in [0.15, 0.2) is 6.23 Å². The Morgan fingerprint density at radius 2 is 2.75 bits per heavy atom. The highest BCUT2D eigenvalue weighted by Crippen LogP contribution is 1.95. The van der Waals surface area contributed by atoms with Crippen LogP contribution >= 0.6 is 0 Å². The molecule has 46 valence electrons. The van der Waals surface area contributed by atoms with Gasteiger partial charge in [-0.15, -0.1) is 0 Å². The maximum Gasteiger partial charge on any atom is 0.321 e. The Kier molecular flexibility index (Phi) is 1.43. The van der Waals surface area contributed by atoms with Crippen molar-refractivity contribution >= 4 is 5.97 Å². The summed E-state index contributed by atoms with van der Waals surface area (Å²) in [6.45, 7) is -0.514. The van der Waals surface area contributed by atoms with Crippen LogP contribution in [0.3, 0.4) is 0 Å². The second kappa shape index (κ2) is 2.09. The van der Waals surface area contributed by atoms with E-state index in [4.69, 9.17) is 0 Å². The van der Waals surface area contributed by atoms with Gasteiger partial charge < -0.3 is 4.74 Å². The van der Waals surface area contributed by atoms with E-state index < -0.39 is 12.9 Å². The van der Waals surface area contributed by atoms with Crippen LogP contribution in [0.25, 0.3) is 0 Å². The third-order valence-electron chi connectivity index (χ3n) is 0.888. The summed E-state index contributed by atoms with van der Waals surface area (Å²) in [7, 11) is 0. The van der Waals surface area contributed by atoms with Crippen LogP contribution in [-0.2, 0) is 9.53 Å². The van der Waals surface area contributed by atoms with Crippen LogP contribution in [0.2, 0.25) is 0 Å². The number of carbonyl (C=O) groups is 1. The third-order valence-corrected chi connectivity index (χ3v) is 0.888. The zero-order valence-electron chi connectivity index (χ0n) is 4.19. The highest BCUT2D eigenvalue weighted by atomic mass is 19.1. The van der Waals surface area contributed by atoms with E-state index in [9.17, 15) is 9.18 Å². The van der Waals surface area contributed by atoms with Gasteiger partial charge in [0, 0.05) is 0 Å². The monoisotopic (exact) mass is 119 g/mol. The summed E-state index contributed by atoms with van der Waals surface area (Å²) >= 11 is 0. The van der Waals surface area contributed by atoms with Gasteiger partial charge in [-0.05, 0) is 0 Å². The molecule has 1 heterocycles. The smallest absolute Gasteiger partial charge is 0.321 e. The Balaban J connectivity index is 2.32. The Hall–Kier alpha value is -0.640. The molecule has 1 aliphatic heterocycles. The van der Waals surface area contributed by atoms with E-state index in [1.807, 2.05) is 0 Å². The van der Waals surface area contributed by atoms with Crippen LogP contribution in [0, 0.1) is 0 Å². The molecule has 0 saturated carbocycles. The number of esters is 1. The Morgan fingerprint density at radius 1 is 2.00 bits per heavy atom. The lowest BCUT2D eigenvalue weighted by atomic mass is 10.6. The van der Waals surface area contributed by atoms with Crippen molar-refractivity contribution in [2.75, 3.05) is 13.2 Å². The standard InChI is InChI=1S/C4H6FNO2/c5-1-3-6-2-4(7)8-3/h3,6H,1-2H2. The van der Waals surface area contributed by atoms with Crippen molar-refractivity contribution in [1.82, 2.24) is 5.32 Å². The molecule has 1 N–H and O–H groups in total. The minimum Gasteiger partial charge on any atom is -0.443 e. The van der Waals surface area contributed by atoms with E-state index in [1.165, 1.54) is 0 Å². The molecule has 0 radical (unpaired) electrons. The normalized spacial score (nSPS) is 28.1. The largest absolute Gasteiger partial charge is 0.443 e. The average molecular weight is 119 g/mol. The summed E-state index contributed by atoms with van der Waals surface area (Å²) < 4.78 is 15.9. The quantitative estimate of drug-likeness (QED) is 0.470. The lowest BCUT2D eigenvalue weighted by Gasteiger charge is -1.99. The van der Waals surface area contributed by atoms with Crippen LogP contribution in [0.1, 0.15) is 0 Å². The van der Waals surface area contributed by atoms with Crippen molar-refractivity contribution in [3.8, 4) is 0 Å². The Morgan fingerprint density at radius 3 is 3.00 bits per heavy atom. The lowest BCUT2D eigenvalue weighted by molar-refractivity contribution is -0.141. The second-order valence-corrected chi connectivity index (χ2v) is 1.51. The van der Waals surface area contributed by atoms with Gasteiger partial charge in [-0.25, -0.2) is 4.39 Å². The first-order chi connectivity index (χ1) is 3.83. The predicted molar refractivity (Wildman–Crippen MR) is 23.9 cm³/mol. The highest BCUT2D eigenvalue weighted by Gasteiger charge is 2.21. The van der Waals surface area contributed by atoms with Crippen molar-refractivity contribution < 1.29 is 13.9 Å². The molecule has 0 aromatic heterocycles. The number of nitrogens with one attached hydrogen (secondary N) is 1. The summed E-state index contributed by atoms with van der Waals surface area (Å²) in [4.78, 5) is 10.2. The molecule has 1 unspecified atom stereocenters. The Labute approximate surface area is 45.8 Å². The minimum absolute atomic E-state index is 0.134. The van der Waals surface area contributed by atoms with Gasteiger partial charge in [0.25, 0.3) is 0 Å². The van der Waals surface area contributed by atoms with Crippen molar-refractivity contribution in [3.63, 3.8) is 0 Å². The fourth-order valence-corrected chi connectivity index (χ4v) is 0.525. The van der Waals surface area contributed by atoms with Gasteiger partial charge >= 0.3 is 5.97 Å². The van der Waals surface area contributed by atoms with E-state index in [0.717, 1.165) is 0 Å². The molecule has 1 atom stereocenters. The van der Waals surface area contributed by atoms with E-state index in [-0.39, 0.29) is 12.5 Å². The maximum atomic E-state index is 11.5. The molecule has 1 rings (SSSR count). The van der Waals surface area contributed by atoms with Crippen molar-refractivity contribution in [2.45, 2.75) is 6.23 Å². The maximum absolute atomic E-state index is 11.5. The molecular weight excluding hydrogens is 113 g/mol. The fraction of sp³-hybridized carbons (Fsp3) is 0.750. The number of rotatable bonds is 1. The number of alkyl halides is 1. The predicted octanol–water partition coefficient (Wildman–Crippen LogP) is -0.572. The first-order valence-electron chi connectivity index (χ1n) is 2.32. The van der Waals surface area contributed by atoms with Crippen LogP contribution in [0.5, 0.6) is 0 Å². The van der Waals surface area contributed by atoms with E-state index in [0.29, 0.717) is 0 Å². The molecule has 0 aliphatic carbocycles. The van der Waals surface area contributed by atoms with Gasteiger partial charge in [-0.1, -0.05) is 0 Å². The molecule has 1 aliphatic rings. The average Bonchev–Trinajstić information content (AvgIpc) is 2.14. The van der Waals surface area contributed by atoms with E-state index >= 15 is 0 Å². The summed E-state index contributed by atoms with van der Waals surface area (Å²) in [6, 6.07) is 0. The number of cyclic esters (lactones) is 1. The van der Waals surface area contributed by atoms with Gasteiger partial charge in [0.1, 0.15) is 6.67 Å². The number of halogens is 1. The molecule has 0 aromatic rings. The first kappa shape index (κ1) is 5.50. The van der Waals surface area contributed by atoms with Crippen LogP contribution in [0.15, 0.2) is 0 Å². The zero-order chi connectivity index (χ0) is 5.98. The molecule has 0 amide bonds. The Bertz CT molecular complexity index is 106. The molecule has 8 heavy (non-hydrogen) atoms. The van der Waals surface area contributed by atoms with E-state index in [2.05, 4.69) is 10.1 Å². The van der Waals surface area contributed by atoms with Gasteiger partial charge in [-0.2, -0.15) is 0 Å². The van der Waals surface area contributed by atoms with Gasteiger partial charge in [0.2, 0.25) is 0 Å². The summed E-state index contributed by atoms with van der Waals surface area (Å²) in [6.07, 6.45) is -0.692.